The van der Waals surface area contributed by atoms with Crippen molar-refractivity contribution in [1.82, 2.24) is 5.32 Å². The number of sulfone groups is 1. The van der Waals surface area contributed by atoms with Crippen molar-refractivity contribution in [2.24, 2.45) is 11.8 Å². The zero-order valence-electron chi connectivity index (χ0n) is 12.8. The van der Waals surface area contributed by atoms with E-state index in [-0.39, 0.29) is 0 Å². The van der Waals surface area contributed by atoms with E-state index < -0.39 is 9.84 Å². The van der Waals surface area contributed by atoms with Crippen molar-refractivity contribution >= 4 is 9.84 Å². The average molecular weight is 307 g/mol. The van der Waals surface area contributed by atoms with Gasteiger partial charge in [-0.3, -0.25) is 0 Å². The number of fused-ring (bicyclic) bond motifs is 1. The molecule has 1 saturated heterocycles. The van der Waals surface area contributed by atoms with Gasteiger partial charge in [0, 0.05) is 0 Å². The third kappa shape index (κ3) is 3.49. The molecule has 0 spiro atoms. The number of nitrogens with one attached hydrogen (secondary N) is 1. The minimum atomic E-state index is -2.79. The molecular formula is C17H25NO2S. The quantitative estimate of drug-likeness (QED) is 0.905. The van der Waals surface area contributed by atoms with Gasteiger partial charge in [0.2, 0.25) is 0 Å². The number of rotatable bonds is 5. The lowest BCUT2D eigenvalue weighted by Crippen LogP contribution is -2.28. The van der Waals surface area contributed by atoms with E-state index in [1.165, 1.54) is 36.0 Å². The molecule has 1 heterocycles. The highest BCUT2D eigenvalue weighted by molar-refractivity contribution is 7.91. The molecule has 0 saturated carbocycles. The Morgan fingerprint density at radius 2 is 2.10 bits per heavy atom. The molecule has 0 radical (unpaired) electrons. The van der Waals surface area contributed by atoms with Gasteiger partial charge >= 0.3 is 0 Å². The van der Waals surface area contributed by atoms with Gasteiger partial charge in [-0.1, -0.05) is 18.2 Å². The highest BCUT2D eigenvalue weighted by Gasteiger charge is 2.33. The van der Waals surface area contributed by atoms with Crippen molar-refractivity contribution < 1.29 is 8.42 Å². The summed E-state index contributed by atoms with van der Waals surface area (Å²) in [5, 5.41) is 3.25. The van der Waals surface area contributed by atoms with Gasteiger partial charge in [-0.15, -0.1) is 0 Å². The first-order valence-corrected chi connectivity index (χ1v) is 9.85. The van der Waals surface area contributed by atoms with Crippen molar-refractivity contribution in [3.05, 3.63) is 34.9 Å². The second-order valence-corrected chi connectivity index (χ2v) is 8.87. The lowest BCUT2D eigenvalue weighted by atomic mass is 9.85. The first kappa shape index (κ1) is 15.0. The fourth-order valence-electron chi connectivity index (χ4n) is 3.92. The normalized spacial score (nSPS) is 24.9. The SMILES string of the molecule is CNCC(Cc1ccc2c(c1)CCC2)C1CCS(=O)(=O)C1. The highest BCUT2D eigenvalue weighted by atomic mass is 32.2. The molecule has 0 aromatic heterocycles. The van der Waals surface area contributed by atoms with E-state index in [0.29, 0.717) is 23.3 Å². The first-order valence-electron chi connectivity index (χ1n) is 8.03. The van der Waals surface area contributed by atoms with Crippen molar-refractivity contribution in [3.8, 4) is 0 Å². The second-order valence-electron chi connectivity index (χ2n) is 6.64. The second kappa shape index (κ2) is 6.09. The molecular weight excluding hydrogens is 282 g/mol. The Labute approximate surface area is 128 Å². The third-order valence-corrected chi connectivity index (χ3v) is 6.86. The predicted molar refractivity (Wildman–Crippen MR) is 86.3 cm³/mol. The molecule has 1 fully saturated rings. The van der Waals surface area contributed by atoms with E-state index in [0.717, 1.165) is 19.4 Å². The lowest BCUT2D eigenvalue weighted by Gasteiger charge is -2.22. The molecule has 1 aromatic rings. The summed E-state index contributed by atoms with van der Waals surface area (Å²) < 4.78 is 23.5. The average Bonchev–Trinajstić information content (AvgIpc) is 3.03. The zero-order valence-corrected chi connectivity index (χ0v) is 13.6. The Bertz CT molecular complexity index is 609. The van der Waals surface area contributed by atoms with Crippen LogP contribution in [-0.2, 0) is 29.1 Å². The van der Waals surface area contributed by atoms with E-state index in [9.17, 15) is 8.42 Å². The van der Waals surface area contributed by atoms with Gasteiger partial charge in [0.05, 0.1) is 11.5 Å². The number of hydrogen-bond donors (Lipinski definition) is 1. The van der Waals surface area contributed by atoms with Crippen LogP contribution in [0, 0.1) is 11.8 Å². The van der Waals surface area contributed by atoms with Crippen LogP contribution < -0.4 is 5.32 Å². The molecule has 3 rings (SSSR count). The van der Waals surface area contributed by atoms with E-state index in [1.807, 2.05) is 7.05 Å². The molecule has 1 aliphatic heterocycles. The van der Waals surface area contributed by atoms with Crippen LogP contribution in [-0.4, -0.2) is 33.5 Å². The summed E-state index contributed by atoms with van der Waals surface area (Å²) in [6, 6.07) is 6.88. The van der Waals surface area contributed by atoms with Crippen LogP contribution in [0.2, 0.25) is 0 Å². The largest absolute Gasteiger partial charge is 0.319 e. The number of hydrogen-bond acceptors (Lipinski definition) is 3. The van der Waals surface area contributed by atoms with Gasteiger partial charge in [0.15, 0.2) is 9.84 Å². The van der Waals surface area contributed by atoms with Crippen LogP contribution >= 0.6 is 0 Å². The molecule has 0 amide bonds. The van der Waals surface area contributed by atoms with Crippen molar-refractivity contribution in [2.75, 3.05) is 25.1 Å². The van der Waals surface area contributed by atoms with E-state index >= 15 is 0 Å². The molecule has 2 aliphatic rings. The number of aryl methyl sites for hydroxylation is 2. The minimum absolute atomic E-state index is 0.315. The predicted octanol–water partition coefficient (Wildman–Crippen LogP) is 1.99. The maximum atomic E-state index is 11.7. The standard InChI is InChI=1S/C17H25NO2S/c1-18-11-17(16-7-8-21(19,20)12-16)10-13-5-6-14-3-2-4-15(14)9-13/h5-6,9,16-18H,2-4,7-8,10-12H2,1H3. The first-order chi connectivity index (χ1) is 10.1. The summed E-state index contributed by atoms with van der Waals surface area (Å²) in [7, 11) is -0.831. The van der Waals surface area contributed by atoms with Crippen LogP contribution in [0.15, 0.2) is 18.2 Å². The Balaban J connectivity index is 1.73. The lowest BCUT2D eigenvalue weighted by molar-refractivity contribution is 0.352. The van der Waals surface area contributed by atoms with Gasteiger partial charge in [-0.05, 0) is 74.2 Å². The minimum Gasteiger partial charge on any atom is -0.319 e. The Kier molecular flexibility index (Phi) is 4.36. The van der Waals surface area contributed by atoms with Gasteiger partial charge < -0.3 is 5.32 Å². The maximum Gasteiger partial charge on any atom is 0.150 e. The van der Waals surface area contributed by atoms with Crippen LogP contribution in [0.3, 0.4) is 0 Å². The molecule has 116 valence electrons. The number of benzene rings is 1. The summed E-state index contributed by atoms with van der Waals surface area (Å²) in [4.78, 5) is 0. The monoisotopic (exact) mass is 307 g/mol. The fourth-order valence-corrected chi connectivity index (χ4v) is 5.84. The molecule has 1 aliphatic carbocycles. The molecule has 2 unspecified atom stereocenters. The molecule has 21 heavy (non-hydrogen) atoms. The van der Waals surface area contributed by atoms with Crippen molar-refractivity contribution in [1.29, 1.82) is 0 Å². The fraction of sp³-hybridized carbons (Fsp3) is 0.647. The highest BCUT2D eigenvalue weighted by Crippen LogP contribution is 2.30. The molecule has 4 heteroatoms. The smallest absolute Gasteiger partial charge is 0.150 e. The van der Waals surface area contributed by atoms with E-state index in [2.05, 4.69) is 23.5 Å². The van der Waals surface area contributed by atoms with Crippen LogP contribution in [0.25, 0.3) is 0 Å². The van der Waals surface area contributed by atoms with E-state index in [1.54, 1.807) is 0 Å². The summed E-state index contributed by atoms with van der Waals surface area (Å²) in [5.74, 6) is 1.49. The van der Waals surface area contributed by atoms with Gasteiger partial charge in [0.25, 0.3) is 0 Å². The molecule has 1 aromatic carbocycles. The molecule has 0 bridgehead atoms. The zero-order chi connectivity index (χ0) is 14.9. The van der Waals surface area contributed by atoms with Gasteiger partial charge in [0.1, 0.15) is 0 Å². The Morgan fingerprint density at radius 1 is 1.29 bits per heavy atom. The Morgan fingerprint density at radius 3 is 2.81 bits per heavy atom. The summed E-state index contributed by atoms with van der Waals surface area (Å²) in [5.41, 5.74) is 4.39. The Hall–Kier alpha value is -0.870. The van der Waals surface area contributed by atoms with Crippen LogP contribution in [0.5, 0.6) is 0 Å². The van der Waals surface area contributed by atoms with E-state index in [4.69, 9.17) is 0 Å². The summed E-state index contributed by atoms with van der Waals surface area (Å²) >= 11 is 0. The summed E-state index contributed by atoms with van der Waals surface area (Å²) in [6.45, 7) is 0.900. The molecule has 3 nitrogen and oxygen atoms in total. The molecule has 2 atom stereocenters. The van der Waals surface area contributed by atoms with Crippen LogP contribution in [0.1, 0.15) is 29.5 Å². The van der Waals surface area contributed by atoms with Crippen molar-refractivity contribution in [3.63, 3.8) is 0 Å². The van der Waals surface area contributed by atoms with Crippen LogP contribution in [0.4, 0.5) is 0 Å². The topological polar surface area (TPSA) is 46.2 Å². The third-order valence-electron chi connectivity index (χ3n) is 5.06. The molecule has 1 N–H and O–H groups in total. The maximum absolute atomic E-state index is 11.7. The van der Waals surface area contributed by atoms with Gasteiger partial charge in [-0.2, -0.15) is 0 Å². The summed E-state index contributed by atoms with van der Waals surface area (Å²) in [6.07, 6.45) is 5.53. The van der Waals surface area contributed by atoms with Gasteiger partial charge in [-0.25, -0.2) is 8.42 Å². The van der Waals surface area contributed by atoms with Crippen molar-refractivity contribution in [2.45, 2.75) is 32.1 Å².